The Morgan fingerprint density at radius 1 is 1.12 bits per heavy atom. The van der Waals surface area contributed by atoms with E-state index in [-0.39, 0.29) is 5.91 Å². The van der Waals surface area contributed by atoms with Gasteiger partial charge in [0.15, 0.2) is 5.82 Å². The highest BCUT2D eigenvalue weighted by Crippen LogP contribution is 2.37. The summed E-state index contributed by atoms with van der Waals surface area (Å²) in [5.74, 6) is 2.28. The van der Waals surface area contributed by atoms with Crippen molar-refractivity contribution in [1.29, 1.82) is 0 Å². The molecule has 8 heteroatoms. The van der Waals surface area contributed by atoms with E-state index in [0.29, 0.717) is 28.9 Å². The number of piperidine rings is 1. The first-order chi connectivity index (χ1) is 16.0. The lowest BCUT2D eigenvalue weighted by Gasteiger charge is -2.30. The molecule has 0 radical (unpaired) electrons. The van der Waals surface area contributed by atoms with Crippen molar-refractivity contribution in [3.05, 3.63) is 59.8 Å². The molecule has 1 saturated heterocycles. The summed E-state index contributed by atoms with van der Waals surface area (Å²) in [6, 6.07) is 13.7. The summed E-state index contributed by atoms with van der Waals surface area (Å²) in [4.78, 5) is 26.0. The number of anilines is 5. The first-order valence-electron chi connectivity index (χ1n) is 11.2. The summed E-state index contributed by atoms with van der Waals surface area (Å²) >= 11 is 0. The van der Waals surface area contributed by atoms with Gasteiger partial charge in [0.1, 0.15) is 11.4 Å². The van der Waals surface area contributed by atoms with Gasteiger partial charge >= 0.3 is 0 Å². The molecule has 1 aromatic heterocycles. The van der Waals surface area contributed by atoms with Crippen LogP contribution in [0.1, 0.15) is 34.7 Å². The summed E-state index contributed by atoms with van der Waals surface area (Å²) in [6.07, 6.45) is 3.90. The van der Waals surface area contributed by atoms with Gasteiger partial charge in [-0.3, -0.25) is 4.79 Å². The van der Waals surface area contributed by atoms with Crippen molar-refractivity contribution < 1.29 is 9.53 Å². The lowest BCUT2D eigenvalue weighted by atomic mass is 9.89. The molecule has 170 valence electrons. The van der Waals surface area contributed by atoms with Crippen LogP contribution in [0, 0.1) is 0 Å². The molecule has 0 aliphatic carbocycles. The third-order valence-electron chi connectivity index (χ3n) is 6.49. The van der Waals surface area contributed by atoms with Crippen molar-refractivity contribution in [3.8, 4) is 5.75 Å². The molecule has 2 aliphatic rings. The topological polar surface area (TPSA) is 82.6 Å². The van der Waals surface area contributed by atoms with E-state index in [9.17, 15) is 4.79 Å². The molecule has 0 atom stereocenters. The van der Waals surface area contributed by atoms with Crippen molar-refractivity contribution in [2.24, 2.45) is 0 Å². The van der Waals surface area contributed by atoms with Crippen molar-refractivity contribution in [1.82, 2.24) is 14.9 Å². The van der Waals surface area contributed by atoms with Crippen molar-refractivity contribution in [2.45, 2.75) is 18.8 Å². The number of hydrogen-bond donors (Lipinski definition) is 2. The third kappa shape index (κ3) is 4.09. The maximum Gasteiger partial charge on any atom is 0.257 e. The number of methoxy groups -OCH3 is 1. The Balaban J connectivity index is 1.41. The Kier molecular flexibility index (Phi) is 5.60. The number of amides is 1. The number of ether oxygens (including phenoxy) is 1. The van der Waals surface area contributed by atoms with Crippen LogP contribution in [-0.4, -0.2) is 55.1 Å². The molecule has 8 nitrogen and oxygen atoms in total. The van der Waals surface area contributed by atoms with Crippen LogP contribution in [0.25, 0.3) is 0 Å². The van der Waals surface area contributed by atoms with Crippen LogP contribution in [0.5, 0.6) is 5.75 Å². The van der Waals surface area contributed by atoms with E-state index >= 15 is 0 Å². The number of carbonyl (C=O) groups excluding carboxylic acids is 1. The van der Waals surface area contributed by atoms with Gasteiger partial charge in [0, 0.05) is 18.8 Å². The maximum atomic E-state index is 12.6. The molecule has 2 N–H and O–H groups in total. The summed E-state index contributed by atoms with van der Waals surface area (Å²) in [5.41, 5.74) is 4.06. The zero-order valence-electron chi connectivity index (χ0n) is 19.1. The minimum atomic E-state index is -0.172. The van der Waals surface area contributed by atoms with E-state index < -0.39 is 0 Å². The lowest BCUT2D eigenvalue weighted by molar-refractivity contribution is 0.102. The van der Waals surface area contributed by atoms with E-state index in [4.69, 9.17) is 9.72 Å². The second-order valence-corrected chi connectivity index (χ2v) is 8.62. The third-order valence-corrected chi connectivity index (χ3v) is 6.49. The van der Waals surface area contributed by atoms with Gasteiger partial charge in [-0.15, -0.1) is 0 Å². The molecule has 0 bridgehead atoms. The smallest absolute Gasteiger partial charge is 0.257 e. The minimum Gasteiger partial charge on any atom is -0.496 e. The van der Waals surface area contributed by atoms with E-state index in [1.807, 2.05) is 42.3 Å². The largest absolute Gasteiger partial charge is 0.496 e. The number of nitrogens with zero attached hydrogens (tertiary/aromatic N) is 4. The number of hydrogen-bond acceptors (Lipinski definition) is 7. The fraction of sp³-hybridized carbons (Fsp3) is 0.320. The fourth-order valence-electron chi connectivity index (χ4n) is 4.61. The van der Waals surface area contributed by atoms with Crippen LogP contribution >= 0.6 is 0 Å². The molecular weight excluding hydrogens is 416 g/mol. The maximum absolute atomic E-state index is 12.6. The minimum absolute atomic E-state index is 0.172. The lowest BCUT2D eigenvalue weighted by Crippen LogP contribution is -2.29. The summed E-state index contributed by atoms with van der Waals surface area (Å²) in [5, 5.41) is 6.20. The van der Waals surface area contributed by atoms with Crippen LogP contribution in [0.3, 0.4) is 0 Å². The Bertz CT molecular complexity index is 1190. The highest BCUT2D eigenvalue weighted by Gasteiger charge is 2.25. The molecule has 33 heavy (non-hydrogen) atoms. The molecule has 2 aliphatic heterocycles. The predicted octanol–water partition coefficient (Wildman–Crippen LogP) is 4.37. The molecule has 2 aromatic carbocycles. The van der Waals surface area contributed by atoms with Crippen molar-refractivity contribution in [3.63, 3.8) is 0 Å². The van der Waals surface area contributed by atoms with Gasteiger partial charge in [0.05, 0.1) is 24.6 Å². The van der Waals surface area contributed by atoms with Crippen molar-refractivity contribution in [2.75, 3.05) is 49.8 Å². The number of benzene rings is 2. The van der Waals surface area contributed by atoms with Gasteiger partial charge in [0.2, 0.25) is 5.95 Å². The predicted molar refractivity (Wildman–Crippen MR) is 130 cm³/mol. The number of nitrogens with one attached hydrogen (secondary N) is 2. The highest BCUT2D eigenvalue weighted by atomic mass is 16.5. The highest BCUT2D eigenvalue weighted by molar-refractivity contribution is 6.11. The SMILES string of the molecule is COc1cc(Nc2ncc3c(n2)N(C)c2ccccc2C(=O)N3)ccc1C1CCN(C)CC1. The molecule has 3 heterocycles. The zero-order valence-corrected chi connectivity index (χ0v) is 19.1. The van der Waals surface area contributed by atoms with Crippen LogP contribution in [0.15, 0.2) is 48.7 Å². The van der Waals surface area contributed by atoms with E-state index in [0.717, 1.165) is 43.1 Å². The molecule has 0 unspecified atom stereocenters. The van der Waals surface area contributed by atoms with E-state index in [1.165, 1.54) is 5.56 Å². The number of rotatable bonds is 4. The average molecular weight is 445 g/mol. The van der Waals surface area contributed by atoms with Crippen LogP contribution in [0.4, 0.5) is 28.8 Å². The molecule has 3 aromatic rings. The average Bonchev–Trinajstić information content (AvgIpc) is 2.94. The standard InChI is InChI=1S/C25H28N6O2/c1-30-12-10-16(11-13-30)18-9-8-17(14-22(18)33-3)27-25-26-15-20-23(29-25)31(2)21-7-5-4-6-19(21)24(32)28-20/h4-9,14-16H,10-13H2,1-3H3,(H,28,32)(H,26,27,29). The van der Waals surface area contributed by atoms with Gasteiger partial charge < -0.3 is 25.2 Å². The van der Waals surface area contributed by atoms with E-state index in [1.54, 1.807) is 19.4 Å². The Hall–Kier alpha value is -3.65. The Labute approximate surface area is 193 Å². The first kappa shape index (κ1) is 21.2. The second-order valence-electron chi connectivity index (χ2n) is 8.62. The number of para-hydroxylation sites is 1. The molecule has 0 spiro atoms. The second kappa shape index (κ2) is 8.71. The molecule has 0 saturated carbocycles. The van der Waals surface area contributed by atoms with Gasteiger partial charge in [-0.2, -0.15) is 4.98 Å². The van der Waals surface area contributed by atoms with Crippen LogP contribution in [0.2, 0.25) is 0 Å². The van der Waals surface area contributed by atoms with Crippen LogP contribution < -0.4 is 20.3 Å². The fourth-order valence-corrected chi connectivity index (χ4v) is 4.61. The molecule has 1 amide bonds. The summed E-state index contributed by atoms with van der Waals surface area (Å²) in [7, 11) is 5.78. The quantitative estimate of drug-likeness (QED) is 0.618. The van der Waals surface area contributed by atoms with Gasteiger partial charge in [-0.1, -0.05) is 18.2 Å². The monoisotopic (exact) mass is 444 g/mol. The van der Waals surface area contributed by atoms with Gasteiger partial charge in [0.25, 0.3) is 5.91 Å². The number of carbonyl (C=O) groups is 1. The zero-order chi connectivity index (χ0) is 22.9. The summed E-state index contributed by atoms with van der Waals surface area (Å²) in [6.45, 7) is 2.20. The molecule has 5 rings (SSSR count). The van der Waals surface area contributed by atoms with Gasteiger partial charge in [-0.25, -0.2) is 4.98 Å². The van der Waals surface area contributed by atoms with Gasteiger partial charge in [-0.05, 0) is 62.7 Å². The Morgan fingerprint density at radius 2 is 1.91 bits per heavy atom. The summed E-state index contributed by atoms with van der Waals surface area (Å²) < 4.78 is 5.73. The van der Waals surface area contributed by atoms with E-state index in [2.05, 4.69) is 33.6 Å². The van der Waals surface area contributed by atoms with Crippen molar-refractivity contribution >= 4 is 34.7 Å². The number of likely N-dealkylation sites (tertiary alicyclic amines) is 1. The molecule has 1 fully saturated rings. The Morgan fingerprint density at radius 3 is 2.70 bits per heavy atom. The normalized spacial score (nSPS) is 16.5. The molecular formula is C25H28N6O2. The van der Waals surface area contributed by atoms with Crippen LogP contribution in [-0.2, 0) is 0 Å². The number of aromatic nitrogens is 2. The first-order valence-corrected chi connectivity index (χ1v) is 11.2. The number of fused-ring (bicyclic) bond motifs is 2.